The van der Waals surface area contributed by atoms with Gasteiger partial charge < -0.3 is 15.4 Å². The fourth-order valence-electron chi connectivity index (χ4n) is 3.09. The van der Waals surface area contributed by atoms with Crippen molar-refractivity contribution in [3.05, 3.63) is 16.1 Å². The van der Waals surface area contributed by atoms with Crippen molar-refractivity contribution < 1.29 is 4.74 Å². The minimum atomic E-state index is 0. The van der Waals surface area contributed by atoms with Crippen molar-refractivity contribution in [2.75, 3.05) is 46.4 Å². The number of ether oxygens (including phenoxy) is 1. The number of morpholine rings is 1. The van der Waals surface area contributed by atoms with Gasteiger partial charge in [0.1, 0.15) is 0 Å². The van der Waals surface area contributed by atoms with Crippen molar-refractivity contribution in [3.8, 4) is 0 Å². The molecule has 0 spiro atoms. The van der Waals surface area contributed by atoms with Crippen LogP contribution in [0.25, 0.3) is 0 Å². The van der Waals surface area contributed by atoms with Crippen LogP contribution in [0.5, 0.6) is 0 Å². The number of halogens is 1. The molecular weight excluding hydrogens is 461 g/mol. The highest BCUT2D eigenvalue weighted by molar-refractivity contribution is 14.0. The van der Waals surface area contributed by atoms with Gasteiger partial charge in [0.25, 0.3) is 0 Å². The molecule has 0 aliphatic carbocycles. The van der Waals surface area contributed by atoms with Crippen LogP contribution in [0, 0.1) is 12.8 Å². The Bertz CT molecular complexity index is 531. The zero-order chi connectivity index (χ0) is 18.1. The third-order valence-electron chi connectivity index (χ3n) is 4.33. The number of aromatic nitrogens is 1. The van der Waals surface area contributed by atoms with Gasteiger partial charge in [-0.1, -0.05) is 13.8 Å². The SMILES string of the molecule is CN=C(NCCc1ncc(C)s1)NCC(CC(C)C)N1CCOCC1.I. The second kappa shape index (κ2) is 12.9. The third-order valence-corrected chi connectivity index (χ3v) is 5.31. The highest BCUT2D eigenvalue weighted by atomic mass is 127. The zero-order valence-corrected chi connectivity index (χ0v) is 19.6. The second-order valence-corrected chi connectivity index (χ2v) is 8.25. The van der Waals surface area contributed by atoms with E-state index in [1.165, 1.54) is 16.3 Å². The van der Waals surface area contributed by atoms with Gasteiger partial charge in [-0.05, 0) is 19.3 Å². The lowest BCUT2D eigenvalue weighted by Crippen LogP contribution is -2.51. The molecule has 1 saturated heterocycles. The van der Waals surface area contributed by atoms with Crippen LogP contribution in [0.3, 0.4) is 0 Å². The predicted molar refractivity (Wildman–Crippen MR) is 121 cm³/mol. The summed E-state index contributed by atoms with van der Waals surface area (Å²) in [6.07, 6.45) is 4.05. The molecule has 1 aromatic heterocycles. The number of hydrogen-bond acceptors (Lipinski definition) is 5. The summed E-state index contributed by atoms with van der Waals surface area (Å²) in [4.78, 5) is 12.6. The van der Waals surface area contributed by atoms with Crippen molar-refractivity contribution in [2.45, 2.75) is 39.7 Å². The molecule has 1 aliphatic heterocycles. The molecule has 2 rings (SSSR count). The molecule has 1 atom stereocenters. The molecule has 26 heavy (non-hydrogen) atoms. The average molecular weight is 495 g/mol. The molecule has 0 amide bonds. The Balaban J connectivity index is 0.00000338. The Kier molecular flexibility index (Phi) is 11.7. The van der Waals surface area contributed by atoms with Crippen LogP contribution in [-0.2, 0) is 11.2 Å². The van der Waals surface area contributed by atoms with Gasteiger partial charge in [-0.25, -0.2) is 4.98 Å². The van der Waals surface area contributed by atoms with Gasteiger partial charge >= 0.3 is 0 Å². The monoisotopic (exact) mass is 495 g/mol. The van der Waals surface area contributed by atoms with Gasteiger partial charge in [0.05, 0.1) is 18.2 Å². The fourth-order valence-corrected chi connectivity index (χ4v) is 3.87. The first kappa shape index (κ1) is 23.6. The summed E-state index contributed by atoms with van der Waals surface area (Å²) < 4.78 is 5.50. The number of aliphatic imine (C=N–C) groups is 1. The van der Waals surface area contributed by atoms with Crippen LogP contribution in [0.1, 0.15) is 30.2 Å². The van der Waals surface area contributed by atoms with E-state index in [-0.39, 0.29) is 24.0 Å². The lowest BCUT2D eigenvalue weighted by molar-refractivity contribution is 0.0132. The molecule has 1 unspecified atom stereocenters. The van der Waals surface area contributed by atoms with Crippen LogP contribution in [0.15, 0.2) is 11.2 Å². The number of nitrogens with one attached hydrogen (secondary N) is 2. The van der Waals surface area contributed by atoms with Gasteiger partial charge in [0.2, 0.25) is 0 Å². The van der Waals surface area contributed by atoms with E-state index in [1.807, 2.05) is 13.2 Å². The number of aryl methyl sites for hydroxylation is 1. The van der Waals surface area contributed by atoms with E-state index < -0.39 is 0 Å². The van der Waals surface area contributed by atoms with Crippen molar-refractivity contribution in [1.82, 2.24) is 20.5 Å². The van der Waals surface area contributed by atoms with Crippen LogP contribution in [0.4, 0.5) is 0 Å². The van der Waals surface area contributed by atoms with Crippen molar-refractivity contribution in [2.24, 2.45) is 10.9 Å². The normalized spacial score (nSPS) is 17.0. The van der Waals surface area contributed by atoms with Gasteiger partial charge in [-0.3, -0.25) is 9.89 Å². The number of hydrogen-bond donors (Lipinski definition) is 2. The summed E-state index contributed by atoms with van der Waals surface area (Å²) in [5.74, 6) is 1.55. The number of thiazole rings is 1. The summed E-state index contributed by atoms with van der Waals surface area (Å²) in [6.45, 7) is 12.2. The van der Waals surface area contributed by atoms with Crippen molar-refractivity contribution in [1.29, 1.82) is 0 Å². The molecule has 0 aromatic carbocycles. The van der Waals surface area contributed by atoms with Crippen molar-refractivity contribution in [3.63, 3.8) is 0 Å². The fraction of sp³-hybridized carbons (Fsp3) is 0.778. The quantitative estimate of drug-likeness (QED) is 0.330. The van der Waals surface area contributed by atoms with Gasteiger partial charge in [-0.15, -0.1) is 35.3 Å². The highest BCUT2D eigenvalue weighted by Crippen LogP contribution is 2.13. The molecular formula is C18H34IN5OS. The molecule has 1 aliphatic rings. The summed E-state index contributed by atoms with van der Waals surface area (Å²) in [5.41, 5.74) is 0. The smallest absolute Gasteiger partial charge is 0.191 e. The summed E-state index contributed by atoms with van der Waals surface area (Å²) in [5, 5.41) is 8.08. The Morgan fingerprint density at radius 1 is 1.35 bits per heavy atom. The summed E-state index contributed by atoms with van der Waals surface area (Å²) >= 11 is 1.76. The molecule has 0 bridgehead atoms. The maximum Gasteiger partial charge on any atom is 0.191 e. The Hall–Kier alpha value is -0.450. The first-order valence-electron chi connectivity index (χ1n) is 9.26. The topological polar surface area (TPSA) is 61.8 Å². The minimum Gasteiger partial charge on any atom is -0.379 e. The average Bonchev–Trinajstić information content (AvgIpc) is 3.02. The number of guanidine groups is 1. The standard InChI is InChI=1S/C18H33N5OS.HI/c1-14(2)11-16(23-7-9-24-10-8-23)13-22-18(19-4)20-6-5-17-21-12-15(3)25-17;/h12,14,16H,5-11,13H2,1-4H3,(H2,19,20,22);1H. The zero-order valence-electron chi connectivity index (χ0n) is 16.5. The molecule has 6 nitrogen and oxygen atoms in total. The second-order valence-electron chi connectivity index (χ2n) is 6.93. The largest absolute Gasteiger partial charge is 0.379 e. The highest BCUT2D eigenvalue weighted by Gasteiger charge is 2.22. The molecule has 0 radical (unpaired) electrons. The van der Waals surface area contributed by atoms with Gasteiger partial charge in [0, 0.05) is 56.8 Å². The van der Waals surface area contributed by atoms with Gasteiger partial charge in [0.15, 0.2) is 5.96 Å². The van der Waals surface area contributed by atoms with E-state index in [2.05, 4.69) is 46.3 Å². The molecule has 1 fully saturated rings. The van der Waals surface area contributed by atoms with Crippen LogP contribution < -0.4 is 10.6 Å². The number of rotatable bonds is 8. The Labute approximate surface area is 179 Å². The first-order valence-corrected chi connectivity index (χ1v) is 10.1. The Morgan fingerprint density at radius 3 is 2.65 bits per heavy atom. The summed E-state index contributed by atoms with van der Waals surface area (Å²) in [6, 6.07) is 0.518. The van der Waals surface area contributed by atoms with Crippen LogP contribution >= 0.6 is 35.3 Å². The van der Waals surface area contributed by atoms with Crippen LogP contribution in [0.2, 0.25) is 0 Å². The molecule has 8 heteroatoms. The molecule has 2 N–H and O–H groups in total. The van der Waals surface area contributed by atoms with E-state index in [0.717, 1.165) is 51.8 Å². The summed E-state index contributed by atoms with van der Waals surface area (Å²) in [7, 11) is 1.83. The van der Waals surface area contributed by atoms with E-state index in [0.29, 0.717) is 12.0 Å². The van der Waals surface area contributed by atoms with E-state index in [9.17, 15) is 0 Å². The predicted octanol–water partition coefficient (Wildman–Crippen LogP) is 2.52. The lowest BCUT2D eigenvalue weighted by Gasteiger charge is -2.35. The third kappa shape index (κ3) is 8.49. The maximum absolute atomic E-state index is 5.50. The van der Waals surface area contributed by atoms with E-state index >= 15 is 0 Å². The van der Waals surface area contributed by atoms with Crippen LogP contribution in [-0.4, -0.2) is 68.3 Å². The lowest BCUT2D eigenvalue weighted by atomic mass is 10.0. The molecule has 2 heterocycles. The van der Waals surface area contributed by atoms with Crippen molar-refractivity contribution >= 4 is 41.3 Å². The van der Waals surface area contributed by atoms with E-state index in [1.54, 1.807) is 11.3 Å². The maximum atomic E-state index is 5.50. The minimum absolute atomic E-state index is 0. The first-order chi connectivity index (χ1) is 12.1. The molecule has 150 valence electrons. The molecule has 1 aromatic rings. The van der Waals surface area contributed by atoms with E-state index in [4.69, 9.17) is 4.74 Å². The molecule has 0 saturated carbocycles. The number of nitrogens with zero attached hydrogens (tertiary/aromatic N) is 3. The van der Waals surface area contributed by atoms with Gasteiger partial charge in [-0.2, -0.15) is 0 Å². The Morgan fingerprint density at radius 2 is 2.08 bits per heavy atom.